The van der Waals surface area contributed by atoms with Crippen LogP contribution in [0, 0.1) is 12.8 Å². The van der Waals surface area contributed by atoms with E-state index >= 15 is 0 Å². The first kappa shape index (κ1) is 36.2. The number of hydrogen-bond donors (Lipinski definition) is 2. The fraction of sp³-hybridized carbons (Fsp3) is 0.462. The molecular formula is C26H24ClF10N5O2S. The van der Waals surface area contributed by atoms with Crippen LogP contribution in [0.5, 0.6) is 0 Å². The summed E-state index contributed by atoms with van der Waals surface area (Å²) < 4.78 is 134. The average Bonchev–Trinajstić information content (AvgIpc) is 3.32. The summed E-state index contributed by atoms with van der Waals surface area (Å²) in [4.78, 5) is 30.5. The van der Waals surface area contributed by atoms with Gasteiger partial charge in [-0.15, -0.1) is 0 Å². The standard InChI is InChI=1S/C26H24ClF10N5O2S/c1-12(11-45-3)39-20(43)18-17(27)5-4-8-22(18,21(38)44)15-7-6-14(40-13(15)2)9-42-10-16(23(28,29)25(32,33)34)19(41-42)24(30,31)26(35,36)37/h4-8,10,12,18H,9,11H2,1-3H3,(H2,38,44)(H,39,43)/t12-,18?,22?/m0/s1. The fourth-order valence-corrected chi connectivity index (χ4v) is 5.74. The van der Waals surface area contributed by atoms with Crippen LogP contribution in [0.4, 0.5) is 43.9 Å². The van der Waals surface area contributed by atoms with E-state index < -0.39 is 65.1 Å². The van der Waals surface area contributed by atoms with E-state index in [9.17, 15) is 53.5 Å². The van der Waals surface area contributed by atoms with Gasteiger partial charge in [-0.3, -0.25) is 19.3 Å². The van der Waals surface area contributed by atoms with Crippen molar-refractivity contribution < 1.29 is 53.5 Å². The van der Waals surface area contributed by atoms with Gasteiger partial charge in [0.2, 0.25) is 11.8 Å². The number of pyridine rings is 1. The Balaban J connectivity index is 2.10. The molecule has 2 aromatic rings. The summed E-state index contributed by atoms with van der Waals surface area (Å²) >= 11 is 7.82. The number of carbonyl (C=O) groups is 2. The third kappa shape index (κ3) is 6.66. The molecule has 0 saturated carbocycles. The largest absolute Gasteiger partial charge is 0.459 e. The van der Waals surface area contributed by atoms with Gasteiger partial charge in [-0.25, -0.2) is 0 Å². The minimum Gasteiger partial charge on any atom is -0.369 e. The number of amides is 2. The average molecular weight is 696 g/mol. The number of allylic oxidation sites excluding steroid dienone is 2. The number of rotatable bonds is 10. The molecule has 0 fully saturated rings. The topological polar surface area (TPSA) is 103 Å². The predicted octanol–water partition coefficient (Wildman–Crippen LogP) is 5.84. The molecule has 1 aliphatic carbocycles. The number of carbonyl (C=O) groups excluding carboxylic acids is 2. The normalized spacial score (nSPS) is 20.1. The van der Waals surface area contributed by atoms with E-state index in [2.05, 4.69) is 15.4 Å². The van der Waals surface area contributed by atoms with Gasteiger partial charge < -0.3 is 11.1 Å². The minimum absolute atomic E-state index is 0.0213. The monoisotopic (exact) mass is 695 g/mol. The maximum atomic E-state index is 14.1. The number of nitrogens with zero attached hydrogens (tertiary/aromatic N) is 3. The van der Waals surface area contributed by atoms with Crippen LogP contribution in [0.3, 0.4) is 0 Å². The Morgan fingerprint density at radius 2 is 1.69 bits per heavy atom. The van der Waals surface area contributed by atoms with E-state index in [1.807, 2.05) is 0 Å². The third-order valence-corrected chi connectivity index (χ3v) is 8.02. The molecule has 248 valence electrons. The van der Waals surface area contributed by atoms with Crippen LogP contribution in [0.2, 0.25) is 0 Å². The Morgan fingerprint density at radius 3 is 2.20 bits per heavy atom. The summed E-state index contributed by atoms with van der Waals surface area (Å²) in [6.45, 7) is 2.07. The van der Waals surface area contributed by atoms with Gasteiger partial charge in [0, 0.05) is 28.7 Å². The van der Waals surface area contributed by atoms with E-state index in [0.717, 1.165) is 6.07 Å². The third-order valence-electron chi connectivity index (χ3n) is 6.84. The van der Waals surface area contributed by atoms with Crippen LogP contribution in [-0.2, 0) is 33.4 Å². The number of aromatic nitrogens is 3. The molecule has 0 radical (unpaired) electrons. The Hall–Kier alpha value is -3.28. The van der Waals surface area contributed by atoms with Crippen LogP contribution >= 0.6 is 23.4 Å². The molecule has 0 saturated heterocycles. The smallest absolute Gasteiger partial charge is 0.369 e. The molecule has 3 N–H and O–H groups in total. The van der Waals surface area contributed by atoms with Gasteiger partial charge in [-0.1, -0.05) is 29.8 Å². The predicted molar refractivity (Wildman–Crippen MR) is 144 cm³/mol. The first-order valence-corrected chi connectivity index (χ1v) is 14.4. The number of halogens is 11. The molecule has 0 aliphatic heterocycles. The van der Waals surface area contributed by atoms with E-state index in [-0.39, 0.29) is 38.9 Å². The lowest BCUT2D eigenvalue weighted by molar-refractivity contribution is -0.302. The van der Waals surface area contributed by atoms with Crippen molar-refractivity contribution in [1.82, 2.24) is 20.1 Å². The highest BCUT2D eigenvalue weighted by Gasteiger charge is 2.67. The molecule has 7 nitrogen and oxygen atoms in total. The summed E-state index contributed by atoms with van der Waals surface area (Å²) in [6, 6.07) is 1.92. The molecule has 3 atom stereocenters. The second-order valence-corrected chi connectivity index (χ2v) is 11.5. The number of primary amides is 1. The lowest BCUT2D eigenvalue weighted by atomic mass is 9.66. The first-order chi connectivity index (χ1) is 20.5. The highest BCUT2D eigenvalue weighted by Crippen LogP contribution is 2.51. The molecule has 19 heteroatoms. The number of hydrogen-bond acceptors (Lipinski definition) is 5. The zero-order valence-electron chi connectivity index (χ0n) is 23.3. The van der Waals surface area contributed by atoms with Crippen molar-refractivity contribution in [3.63, 3.8) is 0 Å². The molecule has 2 aromatic heterocycles. The SMILES string of the molecule is CSC[C@H](C)NC(=O)C1C(Cl)=CC=CC1(C(N)=O)c1ccc(Cn2cc(C(F)(F)C(F)(F)F)c(C(F)(F)C(F)(F)F)n2)nc1C. The summed E-state index contributed by atoms with van der Waals surface area (Å²) in [7, 11) is 0. The number of aryl methyl sites for hydroxylation is 1. The Kier molecular flexibility index (Phi) is 10.0. The van der Waals surface area contributed by atoms with Gasteiger partial charge in [0.25, 0.3) is 0 Å². The van der Waals surface area contributed by atoms with Crippen molar-refractivity contribution in [1.29, 1.82) is 0 Å². The van der Waals surface area contributed by atoms with Crippen molar-refractivity contribution in [2.75, 3.05) is 12.0 Å². The zero-order valence-corrected chi connectivity index (χ0v) is 24.9. The van der Waals surface area contributed by atoms with Crippen LogP contribution in [0.1, 0.15) is 35.1 Å². The van der Waals surface area contributed by atoms with E-state index in [4.69, 9.17) is 17.3 Å². The fourth-order valence-electron chi connectivity index (χ4n) is 4.81. The number of alkyl halides is 10. The Bertz CT molecular complexity index is 1480. The van der Waals surface area contributed by atoms with Crippen LogP contribution in [-0.4, -0.2) is 57.0 Å². The number of thioether (sulfide) groups is 1. The van der Waals surface area contributed by atoms with Crippen molar-refractivity contribution >= 4 is 35.2 Å². The summed E-state index contributed by atoms with van der Waals surface area (Å²) in [5.74, 6) is -14.9. The van der Waals surface area contributed by atoms with Gasteiger partial charge >= 0.3 is 24.2 Å². The maximum absolute atomic E-state index is 14.1. The number of nitrogens with one attached hydrogen (secondary N) is 1. The van der Waals surface area contributed by atoms with Crippen molar-refractivity contribution in [2.45, 2.75) is 56.0 Å². The lowest BCUT2D eigenvalue weighted by Crippen LogP contribution is -2.54. The summed E-state index contributed by atoms with van der Waals surface area (Å²) in [5, 5.41) is 5.42. The zero-order chi connectivity index (χ0) is 34.3. The lowest BCUT2D eigenvalue weighted by Gasteiger charge is -2.38. The molecule has 2 heterocycles. The quantitative estimate of drug-likeness (QED) is 0.304. The molecular weight excluding hydrogens is 672 g/mol. The molecule has 0 spiro atoms. The van der Waals surface area contributed by atoms with Crippen molar-refractivity contribution in [3.8, 4) is 0 Å². The molecule has 0 aromatic carbocycles. The number of nitrogens with two attached hydrogens (primary N) is 1. The van der Waals surface area contributed by atoms with Crippen LogP contribution in [0.25, 0.3) is 0 Å². The van der Waals surface area contributed by atoms with E-state index in [0.29, 0.717) is 5.75 Å². The van der Waals surface area contributed by atoms with Gasteiger partial charge in [-0.2, -0.15) is 60.8 Å². The molecule has 2 amide bonds. The van der Waals surface area contributed by atoms with Crippen molar-refractivity contribution in [2.24, 2.45) is 11.7 Å². The molecule has 0 bridgehead atoms. The second-order valence-electron chi connectivity index (χ2n) is 10.1. The van der Waals surface area contributed by atoms with Gasteiger partial charge in [0.15, 0.2) is 5.69 Å². The second kappa shape index (κ2) is 12.5. The van der Waals surface area contributed by atoms with Crippen molar-refractivity contribution in [3.05, 3.63) is 69.8 Å². The minimum atomic E-state index is -6.55. The highest BCUT2D eigenvalue weighted by molar-refractivity contribution is 7.98. The first-order valence-electron chi connectivity index (χ1n) is 12.6. The maximum Gasteiger partial charge on any atom is 0.459 e. The molecule has 2 unspecified atom stereocenters. The van der Waals surface area contributed by atoms with E-state index in [1.54, 1.807) is 13.2 Å². The van der Waals surface area contributed by atoms with E-state index in [1.165, 1.54) is 43.0 Å². The van der Waals surface area contributed by atoms with Crippen LogP contribution in [0.15, 0.2) is 41.6 Å². The Morgan fingerprint density at radius 1 is 1.09 bits per heavy atom. The summed E-state index contributed by atoms with van der Waals surface area (Å²) in [6.07, 6.45) is -7.52. The van der Waals surface area contributed by atoms with Gasteiger partial charge in [-0.05, 0) is 37.8 Å². The highest BCUT2D eigenvalue weighted by atomic mass is 35.5. The molecule has 1 aliphatic rings. The van der Waals surface area contributed by atoms with Gasteiger partial charge in [0.05, 0.1) is 23.7 Å². The van der Waals surface area contributed by atoms with Crippen LogP contribution < -0.4 is 11.1 Å². The Labute approximate surface area is 258 Å². The molecule has 45 heavy (non-hydrogen) atoms. The van der Waals surface area contributed by atoms with Gasteiger partial charge in [0.1, 0.15) is 5.41 Å². The molecule has 3 rings (SSSR count). The summed E-state index contributed by atoms with van der Waals surface area (Å²) in [5.41, 5.74) is -1.97.